The minimum absolute atomic E-state index is 0.199. The normalized spacial score (nSPS) is 12.5. The summed E-state index contributed by atoms with van der Waals surface area (Å²) in [6.45, 7) is 1.72. The first-order chi connectivity index (χ1) is 10.8. The van der Waals surface area contributed by atoms with Crippen molar-refractivity contribution >= 4 is 21.6 Å². The van der Waals surface area contributed by atoms with Crippen LogP contribution in [0.15, 0.2) is 48.5 Å². The number of hydrogen-bond acceptors (Lipinski definition) is 3. The molecule has 23 heavy (non-hydrogen) atoms. The average molecular weight is 336 g/mol. The lowest BCUT2D eigenvalue weighted by atomic mass is 10.1. The Balaban J connectivity index is 2.21. The molecule has 0 fully saturated rings. The summed E-state index contributed by atoms with van der Waals surface area (Å²) >= 11 is 0. The zero-order chi connectivity index (χ0) is 17.0. The number of sulfonamides is 1. The van der Waals surface area contributed by atoms with E-state index >= 15 is 0 Å². The van der Waals surface area contributed by atoms with Gasteiger partial charge in [-0.15, -0.1) is 0 Å². The lowest BCUT2D eigenvalue weighted by molar-refractivity contribution is 0.0939. The van der Waals surface area contributed by atoms with Crippen molar-refractivity contribution in [3.63, 3.8) is 0 Å². The first kappa shape index (κ1) is 17.0. The van der Waals surface area contributed by atoms with Gasteiger partial charge in [0.15, 0.2) is 0 Å². The molecule has 2 aromatic rings. The van der Waals surface area contributed by atoms with Crippen LogP contribution in [0.2, 0.25) is 0 Å². The molecule has 0 saturated heterocycles. The maximum Gasteiger partial charge on any atom is 0.251 e. The Morgan fingerprint density at radius 2 is 1.83 bits per heavy atom. The highest BCUT2D eigenvalue weighted by Gasteiger charge is 2.16. The Hall–Kier alpha value is -2.41. The highest BCUT2D eigenvalue weighted by Crippen LogP contribution is 2.23. The Labute approximate surface area is 134 Å². The van der Waals surface area contributed by atoms with Crippen LogP contribution in [0, 0.1) is 5.82 Å². The molecular weight excluding hydrogens is 319 g/mol. The van der Waals surface area contributed by atoms with Gasteiger partial charge in [0.05, 0.1) is 18.0 Å². The van der Waals surface area contributed by atoms with Gasteiger partial charge in [-0.1, -0.05) is 24.3 Å². The largest absolute Gasteiger partial charge is 0.345 e. The first-order valence-electron chi connectivity index (χ1n) is 6.89. The van der Waals surface area contributed by atoms with Crippen LogP contribution < -0.4 is 10.0 Å². The fourth-order valence-electron chi connectivity index (χ4n) is 2.15. The van der Waals surface area contributed by atoms with Gasteiger partial charge in [0.25, 0.3) is 5.91 Å². The monoisotopic (exact) mass is 336 g/mol. The molecule has 0 aliphatic heterocycles. The van der Waals surface area contributed by atoms with E-state index in [0.717, 1.165) is 12.3 Å². The molecule has 5 nitrogen and oxygen atoms in total. The molecule has 2 rings (SSSR count). The Bertz CT molecular complexity index is 822. The highest BCUT2D eigenvalue weighted by atomic mass is 32.2. The highest BCUT2D eigenvalue weighted by molar-refractivity contribution is 7.92. The summed E-state index contributed by atoms with van der Waals surface area (Å²) in [5.74, 6) is -0.935. The van der Waals surface area contributed by atoms with Gasteiger partial charge in [-0.25, -0.2) is 12.8 Å². The van der Waals surface area contributed by atoms with E-state index < -0.39 is 27.8 Å². The smallest absolute Gasteiger partial charge is 0.251 e. The summed E-state index contributed by atoms with van der Waals surface area (Å²) in [5.41, 5.74) is 1.20. The summed E-state index contributed by atoms with van der Waals surface area (Å²) in [5, 5.41) is 2.73. The molecule has 2 aromatic carbocycles. The number of para-hydroxylation sites is 1. The maximum absolute atomic E-state index is 13.2. The van der Waals surface area contributed by atoms with Crippen molar-refractivity contribution in [3.8, 4) is 0 Å². The van der Waals surface area contributed by atoms with Crippen LogP contribution in [0.3, 0.4) is 0 Å². The van der Waals surface area contributed by atoms with Crippen LogP contribution in [0.1, 0.15) is 28.9 Å². The van der Waals surface area contributed by atoms with Gasteiger partial charge < -0.3 is 5.32 Å². The lowest BCUT2D eigenvalue weighted by Gasteiger charge is -2.18. The minimum Gasteiger partial charge on any atom is -0.345 e. The lowest BCUT2D eigenvalue weighted by Crippen LogP contribution is -2.27. The van der Waals surface area contributed by atoms with Crippen molar-refractivity contribution < 1.29 is 17.6 Å². The summed E-state index contributed by atoms with van der Waals surface area (Å²) in [7, 11) is -3.43. The van der Waals surface area contributed by atoms with Crippen LogP contribution in [-0.2, 0) is 10.0 Å². The van der Waals surface area contributed by atoms with Crippen molar-refractivity contribution in [2.75, 3.05) is 11.0 Å². The van der Waals surface area contributed by atoms with Crippen molar-refractivity contribution in [2.24, 2.45) is 0 Å². The standard InChI is InChI=1S/C16H17FN2O3S/c1-11(18-16(20)12-6-5-7-13(17)10-12)14-8-3-4-9-15(14)19-23(2,21)22/h3-11,19H,1-2H3,(H,18,20)/t11-/m1/s1. The molecule has 1 atom stereocenters. The van der Waals surface area contributed by atoms with Crippen LogP contribution in [0.4, 0.5) is 10.1 Å². The SMILES string of the molecule is C[C@@H](NC(=O)c1cccc(F)c1)c1ccccc1NS(C)(=O)=O. The second kappa shape index (κ2) is 6.78. The summed E-state index contributed by atoms with van der Waals surface area (Å²) in [6, 6.07) is 11.7. The topological polar surface area (TPSA) is 75.3 Å². The van der Waals surface area contributed by atoms with Gasteiger partial charge >= 0.3 is 0 Å². The van der Waals surface area contributed by atoms with Crippen molar-refractivity contribution in [1.29, 1.82) is 0 Å². The molecular formula is C16H17FN2O3S. The van der Waals surface area contributed by atoms with Gasteiger partial charge in [0, 0.05) is 5.56 Å². The third-order valence-corrected chi connectivity index (χ3v) is 3.75. The van der Waals surface area contributed by atoms with E-state index in [1.165, 1.54) is 18.2 Å². The van der Waals surface area contributed by atoms with E-state index in [0.29, 0.717) is 11.3 Å². The van der Waals surface area contributed by atoms with Gasteiger partial charge in [-0.3, -0.25) is 9.52 Å². The van der Waals surface area contributed by atoms with E-state index in [9.17, 15) is 17.6 Å². The molecule has 0 heterocycles. The van der Waals surface area contributed by atoms with Gasteiger partial charge in [-0.05, 0) is 36.8 Å². The molecule has 0 aliphatic carbocycles. The number of carbonyl (C=O) groups excluding carboxylic acids is 1. The van der Waals surface area contributed by atoms with Crippen molar-refractivity contribution in [3.05, 3.63) is 65.5 Å². The number of halogens is 1. The molecule has 0 spiro atoms. The second-order valence-corrected chi connectivity index (χ2v) is 6.92. The third kappa shape index (κ3) is 4.79. The Kier molecular flexibility index (Phi) is 5.00. The summed E-state index contributed by atoms with van der Waals surface area (Å²) in [4.78, 5) is 12.2. The number of anilines is 1. The molecule has 0 bridgehead atoms. The average Bonchev–Trinajstić information content (AvgIpc) is 2.46. The number of benzene rings is 2. The van der Waals surface area contributed by atoms with E-state index in [-0.39, 0.29) is 5.56 Å². The second-order valence-electron chi connectivity index (χ2n) is 5.17. The fraction of sp³-hybridized carbons (Fsp3) is 0.188. The first-order valence-corrected chi connectivity index (χ1v) is 8.78. The minimum atomic E-state index is -3.43. The van der Waals surface area contributed by atoms with Crippen molar-refractivity contribution in [1.82, 2.24) is 5.32 Å². The molecule has 7 heteroatoms. The molecule has 1 amide bonds. The summed E-state index contributed by atoms with van der Waals surface area (Å²) < 4.78 is 38.4. The van der Waals surface area contributed by atoms with Gasteiger partial charge in [0.1, 0.15) is 5.82 Å². The number of nitrogens with one attached hydrogen (secondary N) is 2. The molecule has 0 aromatic heterocycles. The van der Waals surface area contributed by atoms with E-state index in [1.807, 2.05) is 0 Å². The van der Waals surface area contributed by atoms with Gasteiger partial charge in [-0.2, -0.15) is 0 Å². The molecule has 0 unspecified atom stereocenters. The predicted octanol–water partition coefficient (Wildman–Crippen LogP) is 2.69. The van der Waals surface area contributed by atoms with E-state index in [1.54, 1.807) is 31.2 Å². The molecule has 122 valence electrons. The molecule has 0 aliphatic rings. The van der Waals surface area contributed by atoms with Gasteiger partial charge in [0.2, 0.25) is 10.0 Å². The summed E-state index contributed by atoms with van der Waals surface area (Å²) in [6.07, 6.45) is 1.06. The fourth-order valence-corrected chi connectivity index (χ4v) is 2.74. The zero-order valence-corrected chi connectivity index (χ0v) is 13.5. The van der Waals surface area contributed by atoms with Crippen LogP contribution in [0.5, 0.6) is 0 Å². The van der Waals surface area contributed by atoms with Crippen molar-refractivity contribution in [2.45, 2.75) is 13.0 Å². The molecule has 0 radical (unpaired) electrons. The Morgan fingerprint density at radius 1 is 1.13 bits per heavy atom. The van der Waals surface area contributed by atoms with Crippen LogP contribution in [0.25, 0.3) is 0 Å². The van der Waals surface area contributed by atoms with Crippen LogP contribution in [-0.4, -0.2) is 20.6 Å². The number of hydrogen-bond donors (Lipinski definition) is 2. The molecule has 2 N–H and O–H groups in total. The quantitative estimate of drug-likeness (QED) is 0.881. The number of rotatable bonds is 5. The Morgan fingerprint density at radius 3 is 2.48 bits per heavy atom. The van der Waals surface area contributed by atoms with E-state index in [2.05, 4.69) is 10.0 Å². The van der Waals surface area contributed by atoms with E-state index in [4.69, 9.17) is 0 Å². The zero-order valence-electron chi connectivity index (χ0n) is 12.7. The maximum atomic E-state index is 13.2. The third-order valence-electron chi connectivity index (χ3n) is 3.16. The number of amides is 1. The predicted molar refractivity (Wildman–Crippen MR) is 87.2 cm³/mol. The molecule has 0 saturated carbocycles. The van der Waals surface area contributed by atoms with Crippen LogP contribution >= 0.6 is 0 Å². The number of carbonyl (C=O) groups is 1.